The van der Waals surface area contributed by atoms with E-state index in [0.29, 0.717) is 49.0 Å². The van der Waals surface area contributed by atoms with Crippen LogP contribution in [0, 0.1) is 24.1 Å². The van der Waals surface area contributed by atoms with Crippen LogP contribution < -0.4 is 10.6 Å². The van der Waals surface area contributed by atoms with E-state index in [1.54, 1.807) is 36.4 Å². The minimum absolute atomic E-state index is 0.00346. The molecule has 0 spiro atoms. The molecule has 1 aliphatic carbocycles. The van der Waals surface area contributed by atoms with Gasteiger partial charge < -0.3 is 15.5 Å². The van der Waals surface area contributed by atoms with Gasteiger partial charge in [0.1, 0.15) is 40.3 Å². The number of hydrogen-bond donors (Lipinski definition) is 2. The van der Waals surface area contributed by atoms with Crippen LogP contribution in [0.3, 0.4) is 0 Å². The highest BCUT2D eigenvalue weighted by Crippen LogP contribution is 2.59. The lowest BCUT2D eigenvalue weighted by molar-refractivity contribution is -0.138. The molecule has 2 N–H and O–H groups in total. The van der Waals surface area contributed by atoms with Crippen LogP contribution in [-0.4, -0.2) is 71.8 Å². The van der Waals surface area contributed by atoms with Gasteiger partial charge in [-0.05, 0) is 78.2 Å². The third-order valence-electron chi connectivity index (χ3n) is 9.90. The number of aromatic nitrogens is 5. The molecule has 3 amide bonds. The fourth-order valence-corrected chi connectivity index (χ4v) is 7.56. The fraction of sp³-hybridized carbons (Fsp3) is 0.368. The molecule has 1 aliphatic heterocycles. The molecule has 4 atom stereocenters. The van der Waals surface area contributed by atoms with Crippen LogP contribution in [0.25, 0.3) is 22.0 Å². The standard InChI is InChI=1S/C38H40BrFN8O4/c1-6-8-10-21(3)36(51)43-20-38-15-29(37(52)45-32-14-27(40)13-31(39)44-32)48(30(38)16-38)33(50)19-47-35-24(9-7-2)11-25(26-17-41-23(5)42-18-26)12-28(35)34(46-47)22(4)49/h6-7,11-14,17-18,21,29-30H,1-2,8-10,15-16,19-20H2,3-5H3,(H,43,51)(H,44,45,52)/t21?,29-,30+,38-/m0/s1. The number of pyridine rings is 1. The van der Waals surface area contributed by atoms with Crippen LogP contribution in [0.5, 0.6) is 0 Å². The summed E-state index contributed by atoms with van der Waals surface area (Å²) >= 11 is 3.16. The second-order valence-electron chi connectivity index (χ2n) is 13.7. The number of carbonyl (C=O) groups excluding carboxylic acids is 4. The molecule has 12 nitrogen and oxygen atoms in total. The number of rotatable bonds is 14. The number of carbonyl (C=O) groups is 4. The lowest BCUT2D eigenvalue weighted by Crippen LogP contribution is -2.46. The quantitative estimate of drug-likeness (QED) is 0.0936. The Morgan fingerprint density at radius 2 is 1.85 bits per heavy atom. The summed E-state index contributed by atoms with van der Waals surface area (Å²) in [6.45, 7) is 12.8. The van der Waals surface area contributed by atoms with Crippen LogP contribution >= 0.6 is 15.9 Å². The van der Waals surface area contributed by atoms with Crippen LogP contribution in [0.15, 0.2) is 66.6 Å². The minimum atomic E-state index is -0.930. The molecule has 1 unspecified atom stereocenters. The molecule has 6 rings (SSSR count). The van der Waals surface area contributed by atoms with Crippen molar-refractivity contribution in [2.75, 3.05) is 11.9 Å². The Hall–Kier alpha value is -5.11. The normalized spacial score (nSPS) is 19.5. The largest absolute Gasteiger partial charge is 0.355 e. The van der Waals surface area contributed by atoms with Gasteiger partial charge in [0.05, 0.1) is 5.52 Å². The number of halogens is 2. The molecule has 1 aromatic carbocycles. The molecule has 52 heavy (non-hydrogen) atoms. The average molecular weight is 772 g/mol. The SMILES string of the molecule is C=CCCC(C)C(=O)NC[C@@]12C[C@@H](C(=O)Nc3cc(F)cc(Br)n3)N(C(=O)Cn3nc(C(C)=O)c4cc(-c5cnc(C)nc5)cc(CC=C)c43)[C@@H]1C2. The number of anilines is 1. The van der Waals surface area contributed by atoms with Gasteiger partial charge in [0.25, 0.3) is 0 Å². The first kappa shape index (κ1) is 36.7. The number of likely N-dealkylation sites (tertiary alicyclic amines) is 1. The molecule has 270 valence electrons. The van der Waals surface area contributed by atoms with Crippen LogP contribution in [-0.2, 0) is 27.3 Å². The van der Waals surface area contributed by atoms with Gasteiger partial charge in [0, 0.05) is 66.3 Å². The lowest BCUT2D eigenvalue weighted by Gasteiger charge is -2.27. The summed E-state index contributed by atoms with van der Waals surface area (Å²) in [6.07, 6.45) is 9.61. The first-order valence-corrected chi connectivity index (χ1v) is 17.9. The Labute approximate surface area is 309 Å². The first-order chi connectivity index (χ1) is 24.8. The Kier molecular flexibility index (Phi) is 10.5. The topological polar surface area (TPSA) is 152 Å². The highest BCUT2D eigenvalue weighted by Gasteiger charge is 2.67. The third-order valence-corrected chi connectivity index (χ3v) is 10.3. The van der Waals surface area contributed by atoms with Crippen molar-refractivity contribution < 1.29 is 23.6 Å². The Morgan fingerprint density at radius 3 is 2.52 bits per heavy atom. The number of allylic oxidation sites excluding steroid dienone is 2. The predicted molar refractivity (Wildman–Crippen MR) is 198 cm³/mol. The minimum Gasteiger partial charge on any atom is -0.355 e. The van der Waals surface area contributed by atoms with Crippen LogP contribution in [0.2, 0.25) is 0 Å². The van der Waals surface area contributed by atoms with Gasteiger partial charge in [-0.25, -0.2) is 19.3 Å². The van der Waals surface area contributed by atoms with Gasteiger partial charge in [-0.3, -0.25) is 23.9 Å². The van der Waals surface area contributed by atoms with Crippen molar-refractivity contribution in [1.82, 2.24) is 34.9 Å². The number of nitrogens with one attached hydrogen (secondary N) is 2. The molecule has 4 aromatic rings. The number of nitrogens with zero attached hydrogens (tertiary/aromatic N) is 6. The van der Waals surface area contributed by atoms with E-state index in [-0.39, 0.29) is 58.6 Å². The number of benzene rings is 1. The van der Waals surface area contributed by atoms with Crippen molar-refractivity contribution in [3.63, 3.8) is 0 Å². The summed E-state index contributed by atoms with van der Waals surface area (Å²) in [7, 11) is 0. The molecule has 14 heteroatoms. The van der Waals surface area contributed by atoms with Gasteiger partial charge in [-0.1, -0.05) is 19.1 Å². The molecule has 1 saturated carbocycles. The Bertz CT molecular complexity index is 2080. The van der Waals surface area contributed by atoms with E-state index in [1.807, 2.05) is 19.1 Å². The molecular formula is C38H40BrFN8O4. The lowest BCUT2D eigenvalue weighted by atomic mass is 9.98. The van der Waals surface area contributed by atoms with E-state index < -0.39 is 23.2 Å². The second kappa shape index (κ2) is 14.9. The molecular weight excluding hydrogens is 731 g/mol. The highest BCUT2D eigenvalue weighted by molar-refractivity contribution is 9.10. The molecule has 4 heterocycles. The zero-order chi connectivity index (χ0) is 37.3. The smallest absolute Gasteiger partial charge is 0.248 e. The van der Waals surface area contributed by atoms with Gasteiger partial charge in [-0.2, -0.15) is 5.10 Å². The van der Waals surface area contributed by atoms with Gasteiger partial charge in [0.15, 0.2) is 5.78 Å². The van der Waals surface area contributed by atoms with E-state index in [0.717, 1.165) is 22.8 Å². The summed E-state index contributed by atoms with van der Waals surface area (Å²) < 4.78 is 15.9. The second-order valence-corrected chi connectivity index (χ2v) is 14.5. The first-order valence-electron chi connectivity index (χ1n) is 17.1. The molecule has 0 radical (unpaired) electrons. The summed E-state index contributed by atoms with van der Waals surface area (Å²) in [4.78, 5) is 68.5. The van der Waals surface area contributed by atoms with Crippen LogP contribution in [0.1, 0.15) is 61.4 Å². The van der Waals surface area contributed by atoms with Crippen molar-refractivity contribution in [2.45, 2.75) is 71.5 Å². The number of hydrogen-bond acceptors (Lipinski definition) is 8. The predicted octanol–water partition coefficient (Wildman–Crippen LogP) is 5.75. The maximum atomic E-state index is 14.4. The van der Waals surface area contributed by atoms with Gasteiger partial charge in [-0.15, -0.1) is 13.2 Å². The zero-order valence-electron chi connectivity index (χ0n) is 29.3. The molecule has 3 aromatic heterocycles. The maximum absolute atomic E-state index is 14.4. The van der Waals surface area contributed by atoms with E-state index >= 15 is 0 Å². The number of Topliss-reactive ketones (excluding diaryl/α,β-unsaturated/α-hetero) is 1. The summed E-state index contributed by atoms with van der Waals surface area (Å²) in [5.41, 5.74) is 2.63. The van der Waals surface area contributed by atoms with E-state index in [1.165, 1.54) is 17.7 Å². The fourth-order valence-electron chi connectivity index (χ4n) is 7.15. The molecule has 1 saturated heterocycles. The van der Waals surface area contributed by atoms with Crippen molar-refractivity contribution in [2.24, 2.45) is 11.3 Å². The average Bonchev–Trinajstić information content (AvgIpc) is 3.50. The zero-order valence-corrected chi connectivity index (χ0v) is 30.9. The number of ketones is 1. The van der Waals surface area contributed by atoms with Crippen LogP contribution in [0.4, 0.5) is 10.2 Å². The molecule has 0 bridgehead atoms. The number of aryl methyl sites for hydroxylation is 1. The Morgan fingerprint density at radius 1 is 1.10 bits per heavy atom. The molecule has 2 aliphatic rings. The van der Waals surface area contributed by atoms with Crippen molar-refractivity contribution in [3.8, 4) is 11.1 Å². The van der Waals surface area contributed by atoms with Gasteiger partial charge >= 0.3 is 0 Å². The summed E-state index contributed by atoms with van der Waals surface area (Å²) in [5, 5.41) is 10.9. The van der Waals surface area contributed by atoms with E-state index in [2.05, 4.69) is 59.8 Å². The number of fused-ring (bicyclic) bond motifs is 2. The van der Waals surface area contributed by atoms with Crippen molar-refractivity contribution in [3.05, 3.63) is 89.5 Å². The summed E-state index contributed by atoms with van der Waals surface area (Å²) in [6, 6.07) is 4.81. The van der Waals surface area contributed by atoms with E-state index in [9.17, 15) is 23.6 Å². The van der Waals surface area contributed by atoms with Crippen molar-refractivity contribution in [1.29, 1.82) is 0 Å². The Balaban J connectivity index is 1.33. The maximum Gasteiger partial charge on any atom is 0.248 e. The summed E-state index contributed by atoms with van der Waals surface area (Å²) in [5.74, 6) is -1.49. The monoisotopic (exact) mass is 770 g/mol. The molecule has 2 fully saturated rings. The van der Waals surface area contributed by atoms with E-state index in [4.69, 9.17) is 0 Å². The number of piperidine rings is 1. The highest BCUT2D eigenvalue weighted by atomic mass is 79.9. The number of amides is 3. The van der Waals surface area contributed by atoms with Crippen molar-refractivity contribution >= 4 is 56.2 Å². The van der Waals surface area contributed by atoms with Gasteiger partial charge in [0.2, 0.25) is 17.7 Å². The third kappa shape index (κ3) is 7.43.